The van der Waals surface area contributed by atoms with Gasteiger partial charge in [0.1, 0.15) is 0 Å². The number of allylic oxidation sites excluding steroid dienone is 6. The van der Waals surface area contributed by atoms with E-state index in [4.69, 9.17) is 14.3 Å². The van der Waals surface area contributed by atoms with Crippen molar-refractivity contribution in [2.24, 2.45) is 10.9 Å². The second-order valence-electron chi connectivity index (χ2n) is 10.1. The average Bonchev–Trinajstić information content (AvgIpc) is 3.06. The van der Waals surface area contributed by atoms with Crippen LogP contribution >= 0.6 is 0 Å². The molecule has 0 unspecified atom stereocenters. The van der Waals surface area contributed by atoms with E-state index in [-0.39, 0.29) is 24.2 Å². The molecule has 0 amide bonds. The Morgan fingerprint density at radius 2 is 1.51 bits per heavy atom. The molecule has 3 nitrogen and oxygen atoms in total. The standard InChI is InChI=1S/C31H38BNO2/c1-9-10-12-15-23(2)24(3)22-29(27-16-13-11-14-17-27)33-25(4)26-18-20-28(21-19-26)32-34-30(5,6)31(7,8)35-32/h9-22,24H,2H2,1,3-8H3/b10-9-,15-12-,29-22-,33-25?/t24-/m0/s1. The third-order valence-corrected chi connectivity index (χ3v) is 6.82. The minimum atomic E-state index is -0.367. The van der Waals surface area contributed by atoms with Crippen LogP contribution in [-0.4, -0.2) is 24.0 Å². The number of aliphatic imine (C=N–C) groups is 1. The first-order valence-electron chi connectivity index (χ1n) is 12.3. The monoisotopic (exact) mass is 467 g/mol. The predicted octanol–water partition coefficient (Wildman–Crippen LogP) is 7.16. The van der Waals surface area contributed by atoms with E-state index in [0.29, 0.717) is 0 Å². The van der Waals surface area contributed by atoms with Gasteiger partial charge < -0.3 is 9.31 Å². The Kier molecular flexibility index (Phi) is 8.53. The Labute approximate surface area is 212 Å². The van der Waals surface area contributed by atoms with E-state index in [1.54, 1.807) is 0 Å². The van der Waals surface area contributed by atoms with Crippen molar-refractivity contribution in [3.8, 4) is 0 Å². The van der Waals surface area contributed by atoms with Gasteiger partial charge in [-0.1, -0.05) is 98.5 Å². The lowest BCUT2D eigenvalue weighted by Crippen LogP contribution is -2.41. The van der Waals surface area contributed by atoms with Crippen LogP contribution in [0.2, 0.25) is 0 Å². The lowest BCUT2D eigenvalue weighted by Gasteiger charge is -2.32. The molecule has 0 bridgehead atoms. The molecule has 3 rings (SSSR count). The smallest absolute Gasteiger partial charge is 0.399 e. The van der Waals surface area contributed by atoms with Crippen molar-refractivity contribution in [3.63, 3.8) is 0 Å². The van der Waals surface area contributed by atoms with E-state index in [2.05, 4.69) is 89.7 Å². The summed E-state index contributed by atoms with van der Waals surface area (Å²) in [6.45, 7) is 18.7. The van der Waals surface area contributed by atoms with Crippen LogP contribution in [0.5, 0.6) is 0 Å². The topological polar surface area (TPSA) is 30.8 Å². The van der Waals surface area contributed by atoms with E-state index >= 15 is 0 Å². The van der Waals surface area contributed by atoms with Gasteiger partial charge in [0, 0.05) is 11.6 Å². The summed E-state index contributed by atoms with van der Waals surface area (Å²) in [5.74, 6) is 0.147. The van der Waals surface area contributed by atoms with Crippen LogP contribution in [0.25, 0.3) is 5.70 Å². The highest BCUT2D eigenvalue weighted by molar-refractivity contribution is 6.62. The van der Waals surface area contributed by atoms with Crippen molar-refractivity contribution >= 4 is 24.0 Å². The van der Waals surface area contributed by atoms with Gasteiger partial charge in [-0.3, -0.25) is 4.99 Å². The summed E-state index contributed by atoms with van der Waals surface area (Å²) >= 11 is 0. The maximum atomic E-state index is 6.19. The molecular weight excluding hydrogens is 429 g/mol. The number of nitrogens with zero attached hydrogens (tertiary/aromatic N) is 1. The summed E-state index contributed by atoms with van der Waals surface area (Å²) in [5.41, 5.74) is 5.36. The molecule has 1 fully saturated rings. The molecule has 0 spiro atoms. The highest BCUT2D eigenvalue weighted by atomic mass is 16.7. The van der Waals surface area contributed by atoms with E-state index in [1.165, 1.54) is 0 Å². The van der Waals surface area contributed by atoms with Gasteiger partial charge in [0.25, 0.3) is 0 Å². The molecule has 1 saturated heterocycles. The van der Waals surface area contributed by atoms with Crippen LogP contribution in [0.15, 0.2) is 102 Å². The van der Waals surface area contributed by atoms with Crippen molar-refractivity contribution < 1.29 is 9.31 Å². The molecule has 1 aliphatic heterocycles. The van der Waals surface area contributed by atoms with Crippen LogP contribution in [0.3, 0.4) is 0 Å². The normalized spacial score (nSPS) is 19.0. The summed E-state index contributed by atoms with van der Waals surface area (Å²) in [4.78, 5) is 5.05. The molecule has 0 aromatic heterocycles. The Morgan fingerprint density at radius 3 is 2.09 bits per heavy atom. The van der Waals surface area contributed by atoms with Crippen molar-refractivity contribution in [1.29, 1.82) is 0 Å². The molecule has 35 heavy (non-hydrogen) atoms. The highest BCUT2D eigenvalue weighted by Crippen LogP contribution is 2.36. The SMILES string of the molecule is C=C(/C=C\C=C/C)[C@@H](C)/C=C(\N=C(C)c1ccc(B2OC(C)(C)C(C)(C)O2)cc1)c1ccccc1. The minimum Gasteiger partial charge on any atom is -0.399 e. The summed E-state index contributed by atoms with van der Waals surface area (Å²) in [7, 11) is -0.367. The molecule has 0 saturated carbocycles. The number of hydrogen-bond acceptors (Lipinski definition) is 3. The highest BCUT2D eigenvalue weighted by Gasteiger charge is 2.51. The zero-order chi connectivity index (χ0) is 25.6. The van der Waals surface area contributed by atoms with Gasteiger partial charge in [-0.25, -0.2) is 0 Å². The Bertz CT molecular complexity index is 1120. The summed E-state index contributed by atoms with van der Waals surface area (Å²) in [5, 5.41) is 0. The number of rotatable bonds is 8. The third kappa shape index (κ3) is 6.59. The number of hydrogen-bond donors (Lipinski definition) is 0. The zero-order valence-corrected chi connectivity index (χ0v) is 22.2. The average molecular weight is 467 g/mol. The van der Waals surface area contributed by atoms with E-state index in [9.17, 15) is 0 Å². The first-order valence-corrected chi connectivity index (χ1v) is 12.3. The summed E-state index contributed by atoms with van der Waals surface area (Å²) in [6.07, 6.45) is 10.3. The van der Waals surface area contributed by atoms with Crippen molar-refractivity contribution in [1.82, 2.24) is 0 Å². The summed E-state index contributed by atoms with van der Waals surface area (Å²) < 4.78 is 12.4. The molecule has 0 N–H and O–H groups in total. The van der Waals surface area contributed by atoms with Gasteiger partial charge in [0.05, 0.1) is 16.9 Å². The lowest BCUT2D eigenvalue weighted by atomic mass is 9.78. The fourth-order valence-electron chi connectivity index (χ4n) is 3.70. The molecular formula is C31H38BNO2. The lowest BCUT2D eigenvalue weighted by molar-refractivity contribution is 0.00578. The largest absolute Gasteiger partial charge is 0.494 e. The molecule has 2 aromatic rings. The van der Waals surface area contributed by atoms with Gasteiger partial charge in [0.2, 0.25) is 0 Å². The van der Waals surface area contributed by atoms with Gasteiger partial charge >= 0.3 is 7.12 Å². The van der Waals surface area contributed by atoms with Crippen molar-refractivity contribution in [3.05, 3.63) is 108 Å². The fraction of sp³-hybridized carbons (Fsp3) is 0.323. The van der Waals surface area contributed by atoms with Crippen LogP contribution in [0, 0.1) is 5.92 Å². The van der Waals surface area contributed by atoms with Crippen molar-refractivity contribution in [2.45, 2.75) is 59.7 Å². The van der Waals surface area contributed by atoms with Crippen LogP contribution in [-0.2, 0) is 9.31 Å². The van der Waals surface area contributed by atoms with Crippen molar-refractivity contribution in [2.75, 3.05) is 0 Å². The Hall–Kier alpha value is -2.95. The molecule has 1 aliphatic rings. The number of benzene rings is 2. The van der Waals surface area contributed by atoms with E-state index in [1.807, 2.05) is 50.3 Å². The van der Waals surface area contributed by atoms with Gasteiger partial charge in [-0.2, -0.15) is 0 Å². The van der Waals surface area contributed by atoms with Gasteiger partial charge in [-0.15, -0.1) is 0 Å². The molecule has 0 aliphatic carbocycles. The summed E-state index contributed by atoms with van der Waals surface area (Å²) in [6, 6.07) is 18.6. The maximum absolute atomic E-state index is 6.19. The maximum Gasteiger partial charge on any atom is 0.494 e. The zero-order valence-electron chi connectivity index (χ0n) is 22.2. The van der Waals surface area contributed by atoms with Crippen LogP contribution in [0.1, 0.15) is 59.6 Å². The minimum absolute atomic E-state index is 0.147. The molecule has 1 atom stereocenters. The molecule has 2 aromatic carbocycles. The van der Waals surface area contributed by atoms with Gasteiger partial charge in [-0.05, 0) is 63.7 Å². The Balaban J connectivity index is 1.86. The first-order chi connectivity index (χ1) is 16.5. The molecule has 1 heterocycles. The van der Waals surface area contributed by atoms with Crippen LogP contribution < -0.4 is 5.46 Å². The van der Waals surface area contributed by atoms with Crippen LogP contribution in [0.4, 0.5) is 0 Å². The van der Waals surface area contributed by atoms with Gasteiger partial charge in [0.15, 0.2) is 0 Å². The second-order valence-corrected chi connectivity index (χ2v) is 10.1. The second kappa shape index (κ2) is 11.2. The van der Waals surface area contributed by atoms with E-state index in [0.717, 1.165) is 33.6 Å². The third-order valence-electron chi connectivity index (χ3n) is 6.82. The van der Waals surface area contributed by atoms with E-state index < -0.39 is 0 Å². The predicted molar refractivity (Wildman–Crippen MR) is 151 cm³/mol. The molecule has 4 heteroatoms. The Morgan fingerprint density at radius 1 is 0.914 bits per heavy atom. The quantitative estimate of drug-likeness (QED) is 0.234. The first kappa shape index (κ1) is 26.7. The molecule has 182 valence electrons. The fourth-order valence-corrected chi connectivity index (χ4v) is 3.70. The molecule has 0 radical (unpaired) electrons.